The van der Waals surface area contributed by atoms with Gasteiger partial charge in [-0.3, -0.25) is 4.79 Å². The molecule has 0 bridgehead atoms. The maximum absolute atomic E-state index is 11.6. The summed E-state index contributed by atoms with van der Waals surface area (Å²) in [5, 5.41) is 7.65. The first-order chi connectivity index (χ1) is 7.40. The van der Waals surface area contributed by atoms with Crippen molar-refractivity contribution in [2.24, 2.45) is 0 Å². The van der Waals surface area contributed by atoms with Crippen LogP contribution in [0.2, 0.25) is 0 Å². The second kappa shape index (κ2) is 7.62. The minimum Gasteiger partial charge on any atom is -0.481 e. The summed E-state index contributed by atoms with van der Waals surface area (Å²) < 4.78 is 28.2. The maximum Gasteiger partial charge on any atom is 0.304 e. The number of aliphatic carboxylic acids is 1. The van der Waals surface area contributed by atoms with E-state index in [0.29, 0.717) is 6.61 Å². The van der Waals surface area contributed by atoms with Crippen molar-refractivity contribution >= 4 is 15.8 Å². The summed E-state index contributed by atoms with van der Waals surface area (Å²) in [7, 11) is -3.35. The Hall–Kier alpha value is -0.620. The van der Waals surface area contributed by atoms with E-state index in [0.717, 1.165) is 12.8 Å². The summed E-state index contributed by atoms with van der Waals surface area (Å²) in [4.78, 5) is 10.4. The van der Waals surface area contributed by atoms with E-state index in [1.807, 2.05) is 6.92 Å². The van der Waals surface area contributed by atoms with E-state index in [2.05, 4.69) is 0 Å². The van der Waals surface area contributed by atoms with E-state index in [-0.39, 0.29) is 18.8 Å². The SMILES string of the molecule is CCCCOCCS(=O)(=O)C(C)CC(=O)O. The Morgan fingerprint density at radius 2 is 2.00 bits per heavy atom. The number of carboxylic acid groups (broad SMARTS) is 1. The van der Waals surface area contributed by atoms with Gasteiger partial charge in [-0.2, -0.15) is 0 Å². The predicted octanol–water partition coefficient (Wildman–Crippen LogP) is 1.08. The van der Waals surface area contributed by atoms with Crippen molar-refractivity contribution in [2.75, 3.05) is 19.0 Å². The van der Waals surface area contributed by atoms with E-state index in [1.54, 1.807) is 0 Å². The summed E-state index contributed by atoms with van der Waals surface area (Å²) in [5.74, 6) is -1.20. The third-order valence-corrected chi connectivity index (χ3v) is 4.36. The number of rotatable bonds is 9. The van der Waals surface area contributed by atoms with Crippen LogP contribution in [0.1, 0.15) is 33.1 Å². The highest BCUT2D eigenvalue weighted by molar-refractivity contribution is 7.92. The molecule has 0 spiro atoms. The number of carbonyl (C=O) groups is 1. The molecule has 0 radical (unpaired) electrons. The van der Waals surface area contributed by atoms with E-state index < -0.39 is 21.1 Å². The summed E-state index contributed by atoms with van der Waals surface area (Å²) in [6.07, 6.45) is 1.56. The quantitative estimate of drug-likeness (QED) is 0.621. The Morgan fingerprint density at radius 3 is 2.50 bits per heavy atom. The molecule has 6 heteroatoms. The number of carboxylic acids is 1. The van der Waals surface area contributed by atoms with Crippen molar-refractivity contribution in [3.63, 3.8) is 0 Å². The number of hydrogen-bond donors (Lipinski definition) is 1. The molecule has 0 amide bonds. The maximum atomic E-state index is 11.6. The number of hydrogen-bond acceptors (Lipinski definition) is 4. The standard InChI is InChI=1S/C10H20O5S/c1-3-4-5-15-6-7-16(13,14)9(2)8-10(11)12/h9H,3-8H2,1-2H3,(H,11,12). The molecular weight excluding hydrogens is 232 g/mol. The minimum absolute atomic E-state index is 0.106. The molecule has 0 aliphatic heterocycles. The summed E-state index contributed by atoms with van der Waals surface area (Å²) >= 11 is 0. The van der Waals surface area contributed by atoms with Gasteiger partial charge in [0.2, 0.25) is 0 Å². The van der Waals surface area contributed by atoms with Crippen LogP contribution in [0, 0.1) is 0 Å². The molecule has 0 aromatic rings. The molecule has 5 nitrogen and oxygen atoms in total. The lowest BCUT2D eigenvalue weighted by Gasteiger charge is -2.10. The molecular formula is C10H20O5S. The third-order valence-electron chi connectivity index (χ3n) is 2.23. The average Bonchev–Trinajstić information content (AvgIpc) is 2.16. The fourth-order valence-corrected chi connectivity index (χ4v) is 2.25. The molecule has 0 heterocycles. The molecule has 0 rings (SSSR count). The molecule has 96 valence electrons. The molecule has 1 unspecified atom stereocenters. The number of unbranched alkanes of at least 4 members (excludes halogenated alkanes) is 1. The molecule has 0 aromatic carbocycles. The van der Waals surface area contributed by atoms with Gasteiger partial charge in [0.1, 0.15) is 0 Å². The smallest absolute Gasteiger partial charge is 0.304 e. The van der Waals surface area contributed by atoms with Gasteiger partial charge in [0.15, 0.2) is 9.84 Å². The summed E-state index contributed by atoms with van der Waals surface area (Å²) in [5.41, 5.74) is 0. The van der Waals surface area contributed by atoms with Crippen LogP contribution in [-0.2, 0) is 19.4 Å². The molecule has 1 atom stereocenters. The zero-order valence-corrected chi connectivity index (χ0v) is 10.6. The Morgan fingerprint density at radius 1 is 1.38 bits per heavy atom. The topological polar surface area (TPSA) is 80.7 Å². The zero-order valence-electron chi connectivity index (χ0n) is 9.81. The van der Waals surface area contributed by atoms with Crippen molar-refractivity contribution in [3.8, 4) is 0 Å². The van der Waals surface area contributed by atoms with Gasteiger partial charge in [0.05, 0.1) is 24.0 Å². The Labute approximate surface area is 96.7 Å². The molecule has 16 heavy (non-hydrogen) atoms. The Bertz CT molecular complexity index is 296. The highest BCUT2D eigenvalue weighted by Gasteiger charge is 2.22. The lowest BCUT2D eigenvalue weighted by Crippen LogP contribution is -2.26. The van der Waals surface area contributed by atoms with E-state index >= 15 is 0 Å². The fourth-order valence-electron chi connectivity index (χ4n) is 1.10. The molecule has 0 aliphatic rings. The molecule has 0 aromatic heterocycles. The van der Waals surface area contributed by atoms with Gasteiger partial charge in [-0.25, -0.2) is 8.42 Å². The van der Waals surface area contributed by atoms with Gasteiger partial charge >= 0.3 is 5.97 Å². The zero-order chi connectivity index (χ0) is 12.6. The van der Waals surface area contributed by atoms with Gasteiger partial charge in [-0.05, 0) is 13.3 Å². The Balaban J connectivity index is 3.91. The summed E-state index contributed by atoms with van der Waals surface area (Å²) in [6, 6.07) is 0. The van der Waals surface area contributed by atoms with Gasteiger partial charge < -0.3 is 9.84 Å². The number of ether oxygens (including phenoxy) is 1. The monoisotopic (exact) mass is 252 g/mol. The van der Waals surface area contributed by atoms with E-state index in [4.69, 9.17) is 9.84 Å². The van der Waals surface area contributed by atoms with Crippen LogP contribution >= 0.6 is 0 Å². The van der Waals surface area contributed by atoms with Crippen LogP contribution in [0.25, 0.3) is 0 Å². The molecule has 0 saturated carbocycles. The van der Waals surface area contributed by atoms with Gasteiger partial charge in [-0.1, -0.05) is 13.3 Å². The third kappa shape index (κ3) is 6.79. The van der Waals surface area contributed by atoms with Crippen molar-refractivity contribution in [1.29, 1.82) is 0 Å². The van der Waals surface area contributed by atoms with Crippen LogP contribution in [-0.4, -0.2) is 43.7 Å². The molecule has 0 fully saturated rings. The first-order valence-corrected chi connectivity index (χ1v) is 7.12. The highest BCUT2D eigenvalue weighted by atomic mass is 32.2. The molecule has 0 saturated heterocycles. The van der Waals surface area contributed by atoms with Gasteiger partial charge in [-0.15, -0.1) is 0 Å². The highest BCUT2D eigenvalue weighted by Crippen LogP contribution is 2.06. The lowest BCUT2D eigenvalue weighted by atomic mass is 10.3. The van der Waals surface area contributed by atoms with Gasteiger partial charge in [0.25, 0.3) is 0 Å². The van der Waals surface area contributed by atoms with Crippen molar-refractivity contribution in [1.82, 2.24) is 0 Å². The average molecular weight is 252 g/mol. The normalized spacial score (nSPS) is 13.6. The van der Waals surface area contributed by atoms with Crippen LogP contribution in [0.5, 0.6) is 0 Å². The first-order valence-electron chi connectivity index (χ1n) is 5.41. The van der Waals surface area contributed by atoms with Crippen molar-refractivity contribution in [3.05, 3.63) is 0 Å². The van der Waals surface area contributed by atoms with Crippen LogP contribution in [0.3, 0.4) is 0 Å². The van der Waals surface area contributed by atoms with Crippen LogP contribution < -0.4 is 0 Å². The largest absolute Gasteiger partial charge is 0.481 e. The van der Waals surface area contributed by atoms with Gasteiger partial charge in [0, 0.05) is 6.61 Å². The molecule has 0 aliphatic carbocycles. The lowest BCUT2D eigenvalue weighted by molar-refractivity contribution is -0.136. The van der Waals surface area contributed by atoms with Crippen molar-refractivity contribution < 1.29 is 23.1 Å². The summed E-state index contributed by atoms with van der Waals surface area (Å²) in [6.45, 7) is 4.14. The first kappa shape index (κ1) is 15.4. The fraction of sp³-hybridized carbons (Fsp3) is 0.900. The van der Waals surface area contributed by atoms with Crippen molar-refractivity contribution in [2.45, 2.75) is 38.4 Å². The van der Waals surface area contributed by atoms with E-state index in [1.165, 1.54) is 6.92 Å². The second-order valence-electron chi connectivity index (χ2n) is 3.74. The number of sulfone groups is 1. The second-order valence-corrected chi connectivity index (χ2v) is 6.28. The van der Waals surface area contributed by atoms with E-state index in [9.17, 15) is 13.2 Å². The Kier molecular flexibility index (Phi) is 7.33. The minimum atomic E-state index is -3.35. The van der Waals surface area contributed by atoms with Crippen LogP contribution in [0.15, 0.2) is 0 Å². The molecule has 1 N–H and O–H groups in total. The predicted molar refractivity (Wildman–Crippen MR) is 61.2 cm³/mol. The van der Waals surface area contributed by atoms with Crippen LogP contribution in [0.4, 0.5) is 0 Å².